The topological polar surface area (TPSA) is 356 Å². The Morgan fingerprint density at radius 3 is 0.937 bits per heavy atom. The van der Waals surface area contributed by atoms with Crippen molar-refractivity contribution in [3.63, 3.8) is 0 Å². The summed E-state index contributed by atoms with van der Waals surface area (Å²) in [5.74, 6) is 1.28. The van der Waals surface area contributed by atoms with Crippen LogP contribution in [0.3, 0.4) is 0 Å². The monoisotopic (exact) mass is 1920 g/mol. The zero-order valence-electron chi connectivity index (χ0n) is 82.3. The van der Waals surface area contributed by atoms with E-state index in [1.54, 1.807) is 30.3 Å². The number of aliphatic imine (C=N–C) groups is 1. The number of isocyanates is 1. The Kier molecular flexibility index (Phi) is 41.5. The third-order valence-corrected chi connectivity index (χ3v) is 23.8. The number of benzene rings is 10. The molecule has 0 radical (unpaired) electrons. The van der Waals surface area contributed by atoms with Crippen molar-refractivity contribution >= 4 is 42.3 Å². The molecule has 2 heterocycles. The van der Waals surface area contributed by atoms with Crippen molar-refractivity contribution in [2.24, 2.45) is 15.8 Å². The molecule has 0 aliphatic heterocycles. The summed E-state index contributed by atoms with van der Waals surface area (Å²) in [6.45, 7) is 13.6. The number of phenolic OH excluding ortho intramolecular Hbond substituents is 2. The minimum atomic E-state index is -1.04. The molecule has 10 aromatic carbocycles. The van der Waals surface area contributed by atoms with E-state index in [9.17, 15) is 43.8 Å². The van der Waals surface area contributed by atoms with Crippen LogP contribution in [0.5, 0.6) is 23.0 Å². The molecule has 142 heavy (non-hydrogen) atoms. The average Bonchev–Trinajstić information content (AvgIpc) is 0.789. The molecule has 12 rings (SSSR count). The number of alkyl carbamates (subject to hydrolysis) is 2. The second kappa shape index (κ2) is 55.7. The number of phenols is 2. The van der Waals surface area contributed by atoms with Crippen molar-refractivity contribution < 1.29 is 72.2 Å². The molecule has 0 saturated carbocycles. The highest BCUT2D eigenvalue weighted by Gasteiger charge is 2.27. The van der Waals surface area contributed by atoms with Gasteiger partial charge in [-0.25, -0.2) is 63.8 Å². The van der Waals surface area contributed by atoms with Crippen LogP contribution < -0.4 is 30.7 Å². The number of esters is 2. The standard InChI is InChI=1S/C115H132N12O15/c1-114(2,3)67-29-17-27-45-102(131)139-79-96(77-137-94-63-65-98(100(129)75-94)108-123-104(90-55-47-86(48-56-90)82-37-19-13-20-38-82)121-105(124-108)91-57-49-87(50-58-91)83-39-21-14-22-40-83)141-112(135)119-72-34-9-7-32-70-117-110(133)127(74-36-12-11-31-69-116-81-128)111(134)118-71-33-8-10-35-73-120-113(136)142-97(80-140-103(132)46-28-18-30-68-115(4,5)6)78-138-95-64-66-99(101(130)76-95)109-125-106(92-59-51-88(52-60-92)84-41-23-15-24-42-84)122-107(126-109)93-61-53-89(54-62-93)85-43-25-16-26-44-85/h13-16,19-26,37-44,47-66,75-76,96-97,129-130H,7-12,17-18,27-36,45-46,67-74,77-80H2,1-6H3,(H,117,133)(H,118,134)(H,119,135)(H,120,136). The van der Waals surface area contributed by atoms with Crippen LogP contribution >= 0.6 is 0 Å². The molecule has 27 heteroatoms. The van der Waals surface area contributed by atoms with Gasteiger partial charge in [-0.3, -0.25) is 9.59 Å². The van der Waals surface area contributed by atoms with E-state index in [1.165, 1.54) is 17.0 Å². The molecule has 2 aromatic heterocycles. The van der Waals surface area contributed by atoms with Crippen LogP contribution in [-0.2, 0) is 33.3 Å². The van der Waals surface area contributed by atoms with Gasteiger partial charge in [0.2, 0.25) is 6.08 Å². The number of unbranched alkanes of at least 4 members (excludes halogenated alkanes) is 13. The van der Waals surface area contributed by atoms with Crippen LogP contribution in [0.2, 0.25) is 0 Å². The van der Waals surface area contributed by atoms with E-state index in [0.717, 1.165) is 112 Å². The number of amides is 6. The van der Waals surface area contributed by atoms with Crippen LogP contribution in [0, 0.1) is 10.8 Å². The number of aromatic hydroxyl groups is 2. The first-order chi connectivity index (χ1) is 68.9. The Labute approximate surface area is 833 Å². The Morgan fingerprint density at radius 2 is 0.620 bits per heavy atom. The van der Waals surface area contributed by atoms with Crippen molar-refractivity contribution in [2.45, 2.75) is 195 Å². The molecule has 0 bridgehead atoms. The Hall–Kier alpha value is -15.0. The molecule has 0 aliphatic carbocycles. The molecule has 6 N–H and O–H groups in total. The normalized spacial score (nSPS) is 11.7. The van der Waals surface area contributed by atoms with E-state index in [0.29, 0.717) is 124 Å². The third-order valence-electron chi connectivity index (χ3n) is 23.8. The van der Waals surface area contributed by atoms with Crippen molar-refractivity contribution in [2.75, 3.05) is 65.7 Å². The van der Waals surface area contributed by atoms with E-state index in [-0.39, 0.29) is 117 Å². The van der Waals surface area contributed by atoms with E-state index in [1.807, 2.05) is 218 Å². The first kappa shape index (κ1) is 106. The Bertz CT molecular complexity index is 5470. The van der Waals surface area contributed by atoms with Crippen LogP contribution in [0.25, 0.3) is 113 Å². The summed E-state index contributed by atoms with van der Waals surface area (Å²) < 4.78 is 35.4. The van der Waals surface area contributed by atoms with Gasteiger partial charge >= 0.3 is 36.2 Å². The van der Waals surface area contributed by atoms with Crippen molar-refractivity contribution in [1.82, 2.24) is 56.1 Å². The maximum absolute atomic E-state index is 13.8. The predicted molar refractivity (Wildman–Crippen MR) is 554 cm³/mol. The number of aromatic nitrogens is 6. The van der Waals surface area contributed by atoms with Gasteiger partial charge in [0.25, 0.3) is 0 Å². The zero-order chi connectivity index (χ0) is 100. The largest absolute Gasteiger partial charge is 0.507 e. The number of ether oxygens (including phenoxy) is 6. The lowest BCUT2D eigenvalue weighted by atomic mass is 9.89. The molecule has 0 saturated heterocycles. The van der Waals surface area contributed by atoms with E-state index in [4.69, 9.17) is 58.3 Å². The Morgan fingerprint density at radius 1 is 0.331 bits per heavy atom. The maximum Gasteiger partial charge on any atom is 0.407 e. The minimum Gasteiger partial charge on any atom is -0.507 e. The summed E-state index contributed by atoms with van der Waals surface area (Å²) >= 11 is 0. The summed E-state index contributed by atoms with van der Waals surface area (Å²) in [6, 6.07) is 80.4. The number of hydrogen-bond acceptors (Lipinski definition) is 22. The quantitative estimate of drug-likeness (QED) is 0.00678. The van der Waals surface area contributed by atoms with Crippen LogP contribution in [0.1, 0.15) is 183 Å². The first-order valence-corrected chi connectivity index (χ1v) is 49.6. The second-order valence-corrected chi connectivity index (χ2v) is 37.7. The molecule has 12 aromatic rings. The molecule has 6 amide bonds. The summed E-state index contributed by atoms with van der Waals surface area (Å²) in [4.78, 5) is 126. The highest BCUT2D eigenvalue weighted by Crippen LogP contribution is 2.38. The SMILES string of the molecule is CC(C)(C)CCCCCC(=O)OCC(COc1ccc(-c2nc(-c3ccc(-c4ccccc4)cc3)nc(-c3ccc(-c4ccccc4)cc3)n2)c(O)c1)OC(=O)NCCCCCCNC(=O)N(CCCCCCN=C=O)C(=O)NCCCCCCNC(=O)OC(COC(=O)CCCCCC(C)(C)C)COc1ccc(-c2nc(-c3ccc(-c4ccccc4)cc3)nc(-c3ccc(-c4ccccc4)cc3)n2)c(O)c1. The maximum atomic E-state index is 13.8. The summed E-state index contributed by atoms with van der Waals surface area (Å²) in [7, 11) is 0. The van der Waals surface area contributed by atoms with Crippen molar-refractivity contribution in [1.29, 1.82) is 0 Å². The van der Waals surface area contributed by atoms with Gasteiger partial charge in [-0.2, -0.15) is 0 Å². The molecular formula is C115H132N12O15. The number of nitrogens with zero attached hydrogens (tertiary/aromatic N) is 8. The lowest BCUT2D eigenvalue weighted by Gasteiger charge is -2.22. The fraction of sp³-hybridized carbons (Fsp3) is 0.365. The number of hydrogen-bond donors (Lipinski definition) is 6. The Balaban J connectivity index is 0.593. The van der Waals surface area contributed by atoms with Crippen LogP contribution in [0.15, 0.2) is 260 Å². The molecular weight excluding hydrogens is 1790 g/mol. The summed E-state index contributed by atoms with van der Waals surface area (Å²) in [5.41, 5.74) is 12.3. The average molecular weight is 1920 g/mol. The van der Waals surface area contributed by atoms with Gasteiger partial charge in [-0.1, -0.05) is 324 Å². The van der Waals surface area contributed by atoms with Crippen LogP contribution in [0.4, 0.5) is 19.2 Å². The van der Waals surface area contributed by atoms with Gasteiger partial charge < -0.3 is 59.9 Å². The predicted octanol–water partition coefficient (Wildman–Crippen LogP) is 24.6. The molecule has 27 nitrogen and oxygen atoms in total. The van der Waals surface area contributed by atoms with Gasteiger partial charge in [0.15, 0.2) is 47.2 Å². The van der Waals surface area contributed by atoms with E-state index in [2.05, 4.69) is 67.8 Å². The highest BCUT2D eigenvalue weighted by atomic mass is 16.6. The number of carbonyl (C=O) groups excluding carboxylic acids is 7. The smallest absolute Gasteiger partial charge is 0.407 e. The first-order valence-electron chi connectivity index (χ1n) is 49.6. The number of carbonyl (C=O) groups is 6. The molecule has 0 spiro atoms. The molecule has 0 fully saturated rings. The van der Waals surface area contributed by atoms with E-state index < -0.39 is 48.4 Å². The van der Waals surface area contributed by atoms with Crippen LogP contribution in [-0.4, -0.2) is 165 Å². The van der Waals surface area contributed by atoms with Gasteiger partial charge in [-0.15, -0.1) is 0 Å². The fourth-order valence-corrected chi connectivity index (χ4v) is 15.9. The third kappa shape index (κ3) is 35.7. The molecule has 0 aliphatic rings. The van der Waals surface area contributed by atoms with Gasteiger partial charge in [0.1, 0.15) is 49.4 Å². The van der Waals surface area contributed by atoms with Crippen molar-refractivity contribution in [3.05, 3.63) is 255 Å². The number of imide groups is 1. The number of nitrogens with one attached hydrogen (secondary N) is 4. The fourth-order valence-electron chi connectivity index (χ4n) is 15.9. The lowest BCUT2D eigenvalue weighted by Crippen LogP contribution is -2.49. The van der Waals surface area contributed by atoms with E-state index >= 15 is 0 Å². The minimum absolute atomic E-state index is 0.154. The number of urea groups is 2. The molecule has 2 unspecified atom stereocenters. The van der Waals surface area contributed by atoms with Gasteiger partial charge in [0.05, 0.1) is 17.7 Å². The highest BCUT2D eigenvalue weighted by molar-refractivity contribution is 5.93. The molecule has 2 atom stereocenters. The summed E-state index contributed by atoms with van der Waals surface area (Å²) in [5, 5.41) is 34.9. The van der Waals surface area contributed by atoms with Gasteiger partial charge in [-0.05, 0) is 144 Å². The number of rotatable bonds is 53. The van der Waals surface area contributed by atoms with Crippen molar-refractivity contribution in [3.8, 4) is 136 Å². The molecule has 742 valence electrons. The van der Waals surface area contributed by atoms with Gasteiger partial charge in [0, 0.05) is 80.0 Å². The second-order valence-electron chi connectivity index (χ2n) is 37.7. The lowest BCUT2D eigenvalue weighted by molar-refractivity contribution is -0.148. The zero-order valence-corrected chi connectivity index (χ0v) is 82.3. The summed E-state index contributed by atoms with van der Waals surface area (Å²) in [6.07, 6.45) is 13.0.